The lowest BCUT2D eigenvalue weighted by molar-refractivity contribution is 0.0172. The van der Waals surface area contributed by atoms with E-state index in [9.17, 15) is 0 Å². The number of nitrogens with zero attached hydrogens (tertiary/aromatic N) is 4. The first-order valence-electron chi connectivity index (χ1n) is 11.8. The van der Waals surface area contributed by atoms with Crippen molar-refractivity contribution < 1.29 is 0 Å². The van der Waals surface area contributed by atoms with E-state index >= 15 is 0 Å². The minimum absolute atomic E-state index is 0. The van der Waals surface area contributed by atoms with Gasteiger partial charge in [0.25, 0.3) is 0 Å². The zero-order valence-corrected chi connectivity index (χ0v) is 21.9. The van der Waals surface area contributed by atoms with Crippen LogP contribution in [0.1, 0.15) is 51.9 Å². The molecule has 0 spiro atoms. The zero-order chi connectivity index (χ0) is 20.7. The summed E-state index contributed by atoms with van der Waals surface area (Å²) in [4.78, 5) is 12.3. The second-order valence-electron chi connectivity index (χ2n) is 9.65. The lowest BCUT2D eigenvalue weighted by Crippen LogP contribution is -2.62. The minimum atomic E-state index is 0. The summed E-state index contributed by atoms with van der Waals surface area (Å²) >= 11 is 0. The number of aliphatic imine (C=N–C) groups is 1. The van der Waals surface area contributed by atoms with Gasteiger partial charge in [0.05, 0.1) is 0 Å². The molecular formula is C23H45IN6. The zero-order valence-electron chi connectivity index (χ0n) is 19.6. The number of nitrogens with one attached hydrogen (secondary N) is 2. The molecule has 3 aliphatic rings. The van der Waals surface area contributed by atoms with Gasteiger partial charge in [0, 0.05) is 44.8 Å². The highest BCUT2D eigenvalue weighted by molar-refractivity contribution is 14.0. The Bertz CT molecular complexity index is 544. The molecule has 0 radical (unpaired) electrons. The average molecular weight is 533 g/mol. The van der Waals surface area contributed by atoms with Gasteiger partial charge in [0.2, 0.25) is 0 Å². The van der Waals surface area contributed by atoms with E-state index in [4.69, 9.17) is 0 Å². The Balaban J connectivity index is 0.00000320. The third kappa shape index (κ3) is 7.35. The SMILES string of the molecule is C=C(C)CN1CCC(NC(=NC)NCC2(N3CCCCC3)CCN(C)CC2)CC1.I. The van der Waals surface area contributed by atoms with Crippen LogP contribution in [0.3, 0.4) is 0 Å². The van der Waals surface area contributed by atoms with Crippen molar-refractivity contribution in [1.82, 2.24) is 25.3 Å². The van der Waals surface area contributed by atoms with Crippen LogP contribution in [0.25, 0.3) is 0 Å². The van der Waals surface area contributed by atoms with Crippen LogP contribution in [0.5, 0.6) is 0 Å². The molecule has 3 saturated heterocycles. The van der Waals surface area contributed by atoms with Gasteiger partial charge in [-0.25, -0.2) is 0 Å². The molecule has 0 unspecified atom stereocenters. The molecule has 3 fully saturated rings. The maximum atomic E-state index is 4.56. The standard InChI is InChI=1S/C23H44N6.HI/c1-20(2)18-28-14-8-21(9-15-28)26-22(24-3)25-19-23(10-16-27(4)17-11-23)29-12-6-5-7-13-29;/h21H,1,5-19H2,2-4H3,(H2,24,25,26);1H. The molecule has 0 saturated carbocycles. The predicted molar refractivity (Wildman–Crippen MR) is 139 cm³/mol. The Morgan fingerprint density at radius 2 is 1.67 bits per heavy atom. The molecule has 6 nitrogen and oxygen atoms in total. The number of halogens is 1. The molecule has 3 rings (SSSR count). The largest absolute Gasteiger partial charge is 0.355 e. The van der Waals surface area contributed by atoms with Gasteiger partial charge in [-0.2, -0.15) is 0 Å². The van der Waals surface area contributed by atoms with Gasteiger partial charge in [0.1, 0.15) is 0 Å². The van der Waals surface area contributed by atoms with Crippen molar-refractivity contribution >= 4 is 29.9 Å². The molecule has 30 heavy (non-hydrogen) atoms. The molecule has 0 aliphatic carbocycles. The number of hydrogen-bond acceptors (Lipinski definition) is 4. The number of rotatable bonds is 6. The van der Waals surface area contributed by atoms with Crippen LogP contribution in [0.4, 0.5) is 0 Å². The number of hydrogen-bond donors (Lipinski definition) is 2. The van der Waals surface area contributed by atoms with Crippen LogP contribution in [0.2, 0.25) is 0 Å². The van der Waals surface area contributed by atoms with Crippen LogP contribution in [-0.4, -0.2) is 98.7 Å². The van der Waals surface area contributed by atoms with Crippen molar-refractivity contribution in [3.05, 3.63) is 12.2 Å². The van der Waals surface area contributed by atoms with Gasteiger partial charge in [-0.15, -0.1) is 24.0 Å². The van der Waals surface area contributed by atoms with Crippen molar-refractivity contribution in [2.24, 2.45) is 4.99 Å². The molecule has 7 heteroatoms. The van der Waals surface area contributed by atoms with E-state index in [1.54, 1.807) is 0 Å². The van der Waals surface area contributed by atoms with E-state index in [2.05, 4.69) is 50.9 Å². The molecule has 0 aromatic rings. The summed E-state index contributed by atoms with van der Waals surface area (Å²) in [6.07, 6.45) is 8.97. The summed E-state index contributed by atoms with van der Waals surface area (Å²) in [5.74, 6) is 0.985. The molecule has 3 heterocycles. The van der Waals surface area contributed by atoms with Crippen LogP contribution < -0.4 is 10.6 Å². The third-order valence-corrected chi connectivity index (χ3v) is 7.18. The number of likely N-dealkylation sites (tertiary alicyclic amines) is 3. The fourth-order valence-corrected chi connectivity index (χ4v) is 5.26. The highest BCUT2D eigenvalue weighted by Gasteiger charge is 2.39. The van der Waals surface area contributed by atoms with E-state index in [-0.39, 0.29) is 29.5 Å². The summed E-state index contributed by atoms with van der Waals surface area (Å²) < 4.78 is 0. The Labute approximate surface area is 201 Å². The maximum Gasteiger partial charge on any atom is 0.191 e. The van der Waals surface area contributed by atoms with E-state index in [1.807, 2.05) is 7.05 Å². The summed E-state index contributed by atoms with van der Waals surface area (Å²) in [7, 11) is 4.17. The first-order valence-corrected chi connectivity index (χ1v) is 11.8. The molecule has 2 N–H and O–H groups in total. The smallest absolute Gasteiger partial charge is 0.191 e. The molecule has 0 aromatic heterocycles. The second kappa shape index (κ2) is 12.6. The fraction of sp³-hybridized carbons (Fsp3) is 0.870. The monoisotopic (exact) mass is 532 g/mol. The number of piperidine rings is 3. The quantitative estimate of drug-likeness (QED) is 0.239. The lowest BCUT2D eigenvalue weighted by atomic mass is 9.84. The molecule has 0 aromatic carbocycles. The summed E-state index contributed by atoms with van der Waals surface area (Å²) in [6.45, 7) is 15.4. The van der Waals surface area contributed by atoms with E-state index in [0.29, 0.717) is 6.04 Å². The molecule has 174 valence electrons. The maximum absolute atomic E-state index is 4.56. The van der Waals surface area contributed by atoms with E-state index in [1.165, 1.54) is 76.7 Å². The van der Waals surface area contributed by atoms with Crippen molar-refractivity contribution in [3.8, 4) is 0 Å². The lowest BCUT2D eigenvalue weighted by Gasteiger charge is -2.50. The van der Waals surface area contributed by atoms with Gasteiger partial charge in [-0.1, -0.05) is 18.6 Å². The van der Waals surface area contributed by atoms with Crippen LogP contribution >= 0.6 is 24.0 Å². The van der Waals surface area contributed by atoms with Crippen molar-refractivity contribution in [2.75, 3.05) is 66.5 Å². The van der Waals surface area contributed by atoms with Crippen molar-refractivity contribution in [3.63, 3.8) is 0 Å². The molecule has 0 atom stereocenters. The van der Waals surface area contributed by atoms with Crippen LogP contribution in [0, 0.1) is 0 Å². The van der Waals surface area contributed by atoms with Gasteiger partial charge in [0.15, 0.2) is 5.96 Å². The fourth-order valence-electron chi connectivity index (χ4n) is 5.26. The first-order chi connectivity index (χ1) is 14.0. The summed E-state index contributed by atoms with van der Waals surface area (Å²) in [6, 6.07) is 0.519. The second-order valence-corrected chi connectivity index (χ2v) is 9.65. The van der Waals surface area contributed by atoms with Gasteiger partial charge >= 0.3 is 0 Å². The minimum Gasteiger partial charge on any atom is -0.355 e. The average Bonchev–Trinajstić information content (AvgIpc) is 2.74. The Morgan fingerprint density at radius 1 is 1.03 bits per heavy atom. The van der Waals surface area contributed by atoms with Gasteiger partial charge in [-0.05, 0) is 78.7 Å². The highest BCUT2D eigenvalue weighted by Crippen LogP contribution is 2.30. The summed E-state index contributed by atoms with van der Waals surface area (Å²) in [5, 5.41) is 7.44. The van der Waals surface area contributed by atoms with Crippen LogP contribution in [-0.2, 0) is 0 Å². The molecule has 0 bridgehead atoms. The summed E-state index contributed by atoms with van der Waals surface area (Å²) in [5.41, 5.74) is 1.55. The van der Waals surface area contributed by atoms with Crippen molar-refractivity contribution in [1.29, 1.82) is 0 Å². The highest BCUT2D eigenvalue weighted by atomic mass is 127. The first kappa shape index (κ1) is 25.9. The molecular weight excluding hydrogens is 487 g/mol. The molecule has 3 aliphatic heterocycles. The van der Waals surface area contributed by atoms with Crippen molar-refractivity contribution in [2.45, 2.75) is 63.5 Å². The normalized spacial score (nSPS) is 24.8. The number of guanidine groups is 1. The van der Waals surface area contributed by atoms with E-state index in [0.717, 1.165) is 32.1 Å². The molecule has 0 amide bonds. The third-order valence-electron chi connectivity index (χ3n) is 7.18. The van der Waals surface area contributed by atoms with E-state index < -0.39 is 0 Å². The predicted octanol–water partition coefficient (Wildman–Crippen LogP) is 2.76. The van der Waals surface area contributed by atoms with Gasteiger partial charge < -0.3 is 15.5 Å². The van der Waals surface area contributed by atoms with Gasteiger partial charge in [-0.3, -0.25) is 14.8 Å². The topological polar surface area (TPSA) is 46.1 Å². The Hall–Kier alpha value is -0.380. The van der Waals surface area contributed by atoms with Crippen LogP contribution in [0.15, 0.2) is 17.1 Å². The Morgan fingerprint density at radius 3 is 2.23 bits per heavy atom. The Kier molecular flexibility index (Phi) is 10.9.